The van der Waals surface area contributed by atoms with E-state index in [1.807, 2.05) is 0 Å². The molecule has 1 saturated carbocycles. The molecular formula is C9H20N2. The molecule has 1 rings (SSSR count). The molecule has 0 aliphatic heterocycles. The third-order valence-electron chi connectivity index (χ3n) is 3.20. The fourth-order valence-electron chi connectivity index (χ4n) is 2.11. The molecule has 0 heterocycles. The summed E-state index contributed by atoms with van der Waals surface area (Å²) in [6, 6.07) is 0. The zero-order valence-corrected chi connectivity index (χ0v) is 7.77. The zero-order valence-electron chi connectivity index (χ0n) is 7.77. The first-order chi connectivity index (χ1) is 5.25. The molecule has 2 heteroatoms. The van der Waals surface area contributed by atoms with Crippen molar-refractivity contribution in [2.24, 2.45) is 5.73 Å². The second-order valence-corrected chi connectivity index (χ2v) is 3.65. The minimum Gasteiger partial charge on any atom is -0.329 e. The van der Waals surface area contributed by atoms with Gasteiger partial charge in [-0.05, 0) is 26.4 Å². The highest BCUT2D eigenvalue weighted by Gasteiger charge is 2.35. The summed E-state index contributed by atoms with van der Waals surface area (Å²) in [4.78, 5) is 2.42. The smallest absolute Gasteiger partial charge is 0.0328 e. The Hall–Kier alpha value is -0.0800. The zero-order chi connectivity index (χ0) is 8.32. The molecule has 0 aromatic carbocycles. The van der Waals surface area contributed by atoms with Crippen LogP contribution in [-0.4, -0.2) is 30.6 Å². The third kappa shape index (κ3) is 1.57. The summed E-state index contributed by atoms with van der Waals surface area (Å²) in [5.74, 6) is 0. The Morgan fingerprint density at radius 2 is 1.91 bits per heavy atom. The van der Waals surface area contributed by atoms with Crippen LogP contribution < -0.4 is 5.73 Å². The number of nitrogens with two attached hydrogens (primary N) is 1. The van der Waals surface area contributed by atoms with Crippen LogP contribution in [0.4, 0.5) is 0 Å². The van der Waals surface area contributed by atoms with Gasteiger partial charge in [0.1, 0.15) is 0 Å². The van der Waals surface area contributed by atoms with Crippen LogP contribution in [0.2, 0.25) is 0 Å². The van der Waals surface area contributed by atoms with Gasteiger partial charge in [0.05, 0.1) is 0 Å². The van der Waals surface area contributed by atoms with Crippen LogP contribution in [0.5, 0.6) is 0 Å². The van der Waals surface area contributed by atoms with Gasteiger partial charge in [0.2, 0.25) is 0 Å². The van der Waals surface area contributed by atoms with Gasteiger partial charge in [0.25, 0.3) is 0 Å². The second kappa shape index (κ2) is 3.55. The third-order valence-corrected chi connectivity index (χ3v) is 3.20. The molecule has 0 aromatic rings. The van der Waals surface area contributed by atoms with Crippen LogP contribution in [0, 0.1) is 0 Å². The highest BCUT2D eigenvalue weighted by molar-refractivity contribution is 4.93. The summed E-state index contributed by atoms with van der Waals surface area (Å²) in [5.41, 5.74) is 6.16. The Labute approximate surface area is 69.8 Å². The molecule has 0 unspecified atom stereocenters. The van der Waals surface area contributed by atoms with E-state index in [2.05, 4.69) is 18.9 Å². The van der Waals surface area contributed by atoms with Crippen molar-refractivity contribution < 1.29 is 0 Å². The lowest BCUT2D eigenvalue weighted by atomic mass is 9.96. The number of hydrogen-bond donors (Lipinski definition) is 1. The van der Waals surface area contributed by atoms with E-state index in [-0.39, 0.29) is 0 Å². The Bertz CT molecular complexity index is 117. The molecule has 0 radical (unpaired) electrons. The minimum atomic E-state index is 0.356. The average molecular weight is 156 g/mol. The van der Waals surface area contributed by atoms with Crippen molar-refractivity contribution in [3.05, 3.63) is 0 Å². The van der Waals surface area contributed by atoms with Gasteiger partial charge >= 0.3 is 0 Å². The van der Waals surface area contributed by atoms with E-state index < -0.39 is 0 Å². The SMILES string of the molecule is CCN(C)C1(CN)CCCC1. The van der Waals surface area contributed by atoms with E-state index in [4.69, 9.17) is 5.73 Å². The van der Waals surface area contributed by atoms with Crippen molar-refractivity contribution in [3.63, 3.8) is 0 Å². The molecule has 0 bridgehead atoms. The van der Waals surface area contributed by atoms with Crippen molar-refractivity contribution in [1.29, 1.82) is 0 Å². The molecule has 1 aliphatic carbocycles. The summed E-state index contributed by atoms with van der Waals surface area (Å²) in [6.45, 7) is 4.16. The topological polar surface area (TPSA) is 29.3 Å². The highest BCUT2D eigenvalue weighted by Crippen LogP contribution is 2.33. The Kier molecular flexibility index (Phi) is 2.90. The summed E-state index contributed by atoms with van der Waals surface area (Å²) in [5, 5.41) is 0. The van der Waals surface area contributed by atoms with Crippen molar-refractivity contribution in [1.82, 2.24) is 4.90 Å². The van der Waals surface area contributed by atoms with Gasteiger partial charge in [-0.25, -0.2) is 0 Å². The number of hydrogen-bond acceptors (Lipinski definition) is 2. The summed E-state index contributed by atoms with van der Waals surface area (Å²) < 4.78 is 0. The summed E-state index contributed by atoms with van der Waals surface area (Å²) in [7, 11) is 2.19. The number of rotatable bonds is 3. The highest BCUT2D eigenvalue weighted by atomic mass is 15.2. The molecule has 2 N–H and O–H groups in total. The van der Waals surface area contributed by atoms with Crippen molar-refractivity contribution in [3.8, 4) is 0 Å². The van der Waals surface area contributed by atoms with Gasteiger partial charge in [0.15, 0.2) is 0 Å². The fourth-order valence-corrected chi connectivity index (χ4v) is 2.11. The van der Waals surface area contributed by atoms with Gasteiger partial charge in [-0.15, -0.1) is 0 Å². The van der Waals surface area contributed by atoms with Gasteiger partial charge in [-0.3, -0.25) is 4.90 Å². The maximum Gasteiger partial charge on any atom is 0.0328 e. The molecule has 1 aliphatic rings. The van der Waals surface area contributed by atoms with Crippen molar-refractivity contribution in [2.45, 2.75) is 38.1 Å². The molecule has 0 saturated heterocycles. The van der Waals surface area contributed by atoms with E-state index in [0.29, 0.717) is 5.54 Å². The normalized spacial score (nSPS) is 22.9. The first kappa shape index (κ1) is 9.01. The lowest BCUT2D eigenvalue weighted by Gasteiger charge is -2.37. The van der Waals surface area contributed by atoms with Gasteiger partial charge < -0.3 is 5.73 Å². The van der Waals surface area contributed by atoms with E-state index in [1.165, 1.54) is 25.7 Å². The maximum atomic E-state index is 5.80. The Morgan fingerprint density at radius 1 is 1.36 bits per heavy atom. The number of nitrogens with zero attached hydrogens (tertiary/aromatic N) is 1. The average Bonchev–Trinajstić information content (AvgIpc) is 2.52. The van der Waals surface area contributed by atoms with Crippen LogP contribution in [0.3, 0.4) is 0 Å². The Morgan fingerprint density at radius 3 is 2.27 bits per heavy atom. The minimum absolute atomic E-state index is 0.356. The van der Waals surface area contributed by atoms with Crippen LogP contribution in [-0.2, 0) is 0 Å². The molecule has 2 nitrogen and oxygen atoms in total. The molecule has 0 amide bonds. The summed E-state index contributed by atoms with van der Waals surface area (Å²) in [6.07, 6.45) is 5.32. The van der Waals surface area contributed by atoms with Gasteiger partial charge in [-0.2, -0.15) is 0 Å². The van der Waals surface area contributed by atoms with Crippen LogP contribution in [0.25, 0.3) is 0 Å². The first-order valence-electron chi connectivity index (χ1n) is 4.66. The number of likely N-dealkylation sites (N-methyl/N-ethyl adjacent to an activating group) is 1. The predicted molar refractivity (Wildman–Crippen MR) is 48.6 cm³/mol. The monoisotopic (exact) mass is 156 g/mol. The van der Waals surface area contributed by atoms with E-state index >= 15 is 0 Å². The standard InChI is InChI=1S/C9H20N2/c1-3-11(2)9(8-10)6-4-5-7-9/h3-8,10H2,1-2H3. The molecule has 0 spiro atoms. The molecule has 0 aromatic heterocycles. The van der Waals surface area contributed by atoms with E-state index in [9.17, 15) is 0 Å². The molecular weight excluding hydrogens is 136 g/mol. The quantitative estimate of drug-likeness (QED) is 0.665. The molecule has 0 atom stereocenters. The summed E-state index contributed by atoms with van der Waals surface area (Å²) >= 11 is 0. The van der Waals surface area contributed by atoms with Crippen LogP contribution in [0.15, 0.2) is 0 Å². The van der Waals surface area contributed by atoms with Crippen LogP contribution >= 0.6 is 0 Å². The lowest BCUT2D eigenvalue weighted by Crippen LogP contribution is -2.49. The predicted octanol–water partition coefficient (Wildman–Crippen LogP) is 1.21. The molecule has 66 valence electrons. The van der Waals surface area contributed by atoms with Crippen molar-refractivity contribution >= 4 is 0 Å². The van der Waals surface area contributed by atoms with Gasteiger partial charge in [-0.1, -0.05) is 19.8 Å². The van der Waals surface area contributed by atoms with Crippen molar-refractivity contribution in [2.75, 3.05) is 20.1 Å². The first-order valence-corrected chi connectivity index (χ1v) is 4.66. The lowest BCUT2D eigenvalue weighted by molar-refractivity contribution is 0.139. The second-order valence-electron chi connectivity index (χ2n) is 3.65. The van der Waals surface area contributed by atoms with E-state index in [0.717, 1.165) is 13.1 Å². The van der Waals surface area contributed by atoms with Gasteiger partial charge in [0, 0.05) is 12.1 Å². The fraction of sp³-hybridized carbons (Fsp3) is 1.00. The van der Waals surface area contributed by atoms with E-state index in [1.54, 1.807) is 0 Å². The van der Waals surface area contributed by atoms with Crippen LogP contribution in [0.1, 0.15) is 32.6 Å². The molecule has 11 heavy (non-hydrogen) atoms. The molecule has 1 fully saturated rings. The largest absolute Gasteiger partial charge is 0.329 e. The maximum absolute atomic E-state index is 5.80. The Balaban J connectivity index is 2.58.